The molecule has 3 atom stereocenters. The van der Waals surface area contributed by atoms with Gasteiger partial charge in [-0.15, -0.1) is 0 Å². The fourth-order valence-corrected chi connectivity index (χ4v) is 8.43. The standard InChI is InChI=1S/C36H56O6/c1-8-26(7)34(37)42-36-18-27-15-28(19-36)17-35(16-27,22-36)41-32-11-9-31(10-12-32)40-33-29(20-38-23(2)3)13-25(6)14-30(33)21-39-24(4)5/h13-14,23-24,26-28,31-32H,8-12,15-22H2,1-7H3. The average molecular weight is 585 g/mol. The number of esters is 1. The molecule has 4 bridgehead atoms. The molecular weight excluding hydrogens is 528 g/mol. The van der Waals surface area contributed by atoms with Crippen molar-refractivity contribution in [2.45, 2.75) is 168 Å². The molecule has 0 aromatic heterocycles. The van der Waals surface area contributed by atoms with Crippen LogP contribution in [0.25, 0.3) is 0 Å². The van der Waals surface area contributed by atoms with Crippen molar-refractivity contribution >= 4 is 5.97 Å². The molecular formula is C36H56O6. The quantitative estimate of drug-likeness (QED) is 0.218. The molecule has 0 radical (unpaired) electrons. The van der Waals surface area contributed by atoms with Gasteiger partial charge in [0.2, 0.25) is 0 Å². The third-order valence-electron chi connectivity index (χ3n) is 10.1. The van der Waals surface area contributed by atoms with Crippen LogP contribution in [0.15, 0.2) is 12.1 Å². The van der Waals surface area contributed by atoms with Crippen LogP contribution in [0.2, 0.25) is 0 Å². The smallest absolute Gasteiger partial charge is 0.309 e. The minimum Gasteiger partial charge on any atom is -0.490 e. The first-order valence-corrected chi connectivity index (χ1v) is 16.9. The predicted molar refractivity (Wildman–Crippen MR) is 164 cm³/mol. The lowest BCUT2D eigenvalue weighted by Crippen LogP contribution is -2.62. The first-order valence-electron chi connectivity index (χ1n) is 16.9. The molecule has 0 spiro atoms. The summed E-state index contributed by atoms with van der Waals surface area (Å²) in [6, 6.07) is 4.39. The van der Waals surface area contributed by atoms with Crippen LogP contribution in [0.3, 0.4) is 0 Å². The molecule has 6 rings (SSSR count). The minimum absolute atomic E-state index is 0.0142. The van der Waals surface area contributed by atoms with Crippen LogP contribution in [0, 0.1) is 24.7 Å². The Kier molecular flexibility index (Phi) is 9.96. The number of hydrogen-bond acceptors (Lipinski definition) is 6. The monoisotopic (exact) mass is 584 g/mol. The lowest BCUT2D eigenvalue weighted by atomic mass is 9.52. The predicted octanol–water partition coefficient (Wildman–Crippen LogP) is 8.23. The van der Waals surface area contributed by atoms with E-state index in [1.807, 2.05) is 6.92 Å². The van der Waals surface area contributed by atoms with Gasteiger partial charge in [0.25, 0.3) is 0 Å². The molecule has 6 heteroatoms. The van der Waals surface area contributed by atoms with E-state index in [4.69, 9.17) is 23.7 Å². The third-order valence-corrected chi connectivity index (χ3v) is 10.1. The van der Waals surface area contributed by atoms with Crippen molar-refractivity contribution in [2.24, 2.45) is 17.8 Å². The average Bonchev–Trinajstić information content (AvgIpc) is 2.91. The van der Waals surface area contributed by atoms with Crippen molar-refractivity contribution in [3.63, 3.8) is 0 Å². The van der Waals surface area contributed by atoms with E-state index in [1.165, 1.54) is 12.0 Å². The molecule has 5 aliphatic carbocycles. The molecule has 3 unspecified atom stereocenters. The lowest BCUT2D eigenvalue weighted by Gasteiger charge is -2.61. The zero-order chi connectivity index (χ0) is 30.1. The third kappa shape index (κ3) is 7.53. The van der Waals surface area contributed by atoms with Crippen LogP contribution in [0.5, 0.6) is 5.75 Å². The Morgan fingerprint density at radius 1 is 0.833 bits per heavy atom. The largest absolute Gasteiger partial charge is 0.490 e. The van der Waals surface area contributed by atoms with Gasteiger partial charge in [0.05, 0.1) is 49.1 Å². The van der Waals surface area contributed by atoms with E-state index in [1.54, 1.807) is 0 Å². The highest BCUT2D eigenvalue weighted by atomic mass is 16.6. The van der Waals surface area contributed by atoms with Gasteiger partial charge in [-0.2, -0.15) is 0 Å². The van der Waals surface area contributed by atoms with Gasteiger partial charge in [0, 0.05) is 17.5 Å². The Balaban J connectivity index is 1.23. The van der Waals surface area contributed by atoms with Gasteiger partial charge in [-0.3, -0.25) is 4.79 Å². The second kappa shape index (κ2) is 13.2. The summed E-state index contributed by atoms with van der Waals surface area (Å²) in [5, 5.41) is 0. The van der Waals surface area contributed by atoms with E-state index in [0.29, 0.717) is 25.0 Å². The van der Waals surface area contributed by atoms with Crippen molar-refractivity contribution in [1.82, 2.24) is 0 Å². The Hall–Kier alpha value is -1.63. The summed E-state index contributed by atoms with van der Waals surface area (Å²) >= 11 is 0. The van der Waals surface area contributed by atoms with E-state index in [2.05, 4.69) is 53.7 Å². The highest BCUT2D eigenvalue weighted by Crippen LogP contribution is 2.61. The summed E-state index contributed by atoms with van der Waals surface area (Å²) in [6.45, 7) is 15.5. The molecule has 5 aliphatic rings. The summed E-state index contributed by atoms with van der Waals surface area (Å²) < 4.78 is 32.3. The fourth-order valence-electron chi connectivity index (χ4n) is 8.43. The van der Waals surface area contributed by atoms with Gasteiger partial charge in [0.15, 0.2) is 0 Å². The second-order valence-electron chi connectivity index (χ2n) is 14.8. The van der Waals surface area contributed by atoms with Crippen LogP contribution in [-0.4, -0.2) is 41.6 Å². The zero-order valence-electron chi connectivity index (χ0n) is 27.3. The van der Waals surface area contributed by atoms with Crippen molar-refractivity contribution in [3.05, 3.63) is 28.8 Å². The van der Waals surface area contributed by atoms with Crippen molar-refractivity contribution < 1.29 is 28.5 Å². The fraction of sp³-hybridized carbons (Fsp3) is 0.806. The normalized spacial score (nSPS) is 32.9. The maximum absolute atomic E-state index is 12.9. The molecule has 0 amide bonds. The molecule has 0 N–H and O–H groups in total. The van der Waals surface area contributed by atoms with Crippen molar-refractivity contribution in [1.29, 1.82) is 0 Å². The van der Waals surface area contributed by atoms with Crippen LogP contribution in [0.1, 0.15) is 129 Å². The maximum atomic E-state index is 12.9. The highest BCUT2D eigenvalue weighted by molar-refractivity contribution is 5.72. The molecule has 5 fully saturated rings. The van der Waals surface area contributed by atoms with Gasteiger partial charge in [0.1, 0.15) is 11.4 Å². The first kappa shape index (κ1) is 31.8. The van der Waals surface area contributed by atoms with E-state index in [0.717, 1.165) is 81.1 Å². The number of hydrogen-bond donors (Lipinski definition) is 0. The number of carbonyl (C=O) groups is 1. The molecule has 0 aliphatic heterocycles. The van der Waals surface area contributed by atoms with Crippen LogP contribution in [0.4, 0.5) is 0 Å². The minimum atomic E-state index is -0.306. The van der Waals surface area contributed by atoms with Crippen molar-refractivity contribution in [3.8, 4) is 5.75 Å². The van der Waals surface area contributed by atoms with Crippen molar-refractivity contribution in [2.75, 3.05) is 0 Å². The SMILES string of the molecule is CCC(C)C(=O)OC12CC3CC(C1)CC(OC1CCC(Oc4c(COC(C)C)cc(C)cc4COC(C)C)CC1)(C3)C2. The number of aryl methyl sites for hydroxylation is 1. The Morgan fingerprint density at radius 3 is 1.88 bits per heavy atom. The molecule has 42 heavy (non-hydrogen) atoms. The molecule has 0 saturated heterocycles. The van der Waals surface area contributed by atoms with Gasteiger partial charge in [-0.1, -0.05) is 31.5 Å². The maximum Gasteiger partial charge on any atom is 0.309 e. The number of rotatable bonds is 13. The molecule has 6 nitrogen and oxygen atoms in total. The summed E-state index contributed by atoms with van der Waals surface area (Å²) in [6.07, 6.45) is 12.0. The second-order valence-corrected chi connectivity index (χ2v) is 14.8. The molecule has 1 aromatic rings. The number of ether oxygens (including phenoxy) is 5. The van der Waals surface area contributed by atoms with Gasteiger partial charge < -0.3 is 23.7 Å². The Morgan fingerprint density at radius 2 is 1.36 bits per heavy atom. The van der Waals surface area contributed by atoms with E-state index >= 15 is 0 Å². The van der Waals surface area contributed by atoms with E-state index in [-0.39, 0.29) is 47.5 Å². The van der Waals surface area contributed by atoms with E-state index in [9.17, 15) is 4.79 Å². The van der Waals surface area contributed by atoms with E-state index < -0.39 is 0 Å². The summed E-state index contributed by atoms with van der Waals surface area (Å²) in [7, 11) is 0. The first-order chi connectivity index (χ1) is 20.0. The molecule has 0 heterocycles. The number of benzene rings is 1. The number of carbonyl (C=O) groups excluding carboxylic acids is 1. The van der Waals surface area contributed by atoms with Crippen LogP contribution < -0.4 is 4.74 Å². The Bertz CT molecular complexity index is 1020. The zero-order valence-corrected chi connectivity index (χ0v) is 27.3. The van der Waals surface area contributed by atoms with Gasteiger partial charge in [-0.25, -0.2) is 0 Å². The highest BCUT2D eigenvalue weighted by Gasteiger charge is 2.61. The van der Waals surface area contributed by atoms with Crippen LogP contribution in [-0.2, 0) is 37.0 Å². The Labute approximate surface area is 254 Å². The summed E-state index contributed by atoms with van der Waals surface area (Å²) in [5.41, 5.74) is 2.98. The summed E-state index contributed by atoms with van der Waals surface area (Å²) in [4.78, 5) is 12.9. The molecule has 1 aromatic carbocycles. The van der Waals surface area contributed by atoms with Crippen LogP contribution >= 0.6 is 0 Å². The lowest BCUT2D eigenvalue weighted by molar-refractivity contribution is -0.250. The summed E-state index contributed by atoms with van der Waals surface area (Å²) in [5.74, 6) is 2.14. The molecule has 236 valence electrons. The van der Waals surface area contributed by atoms with Gasteiger partial charge in [-0.05, 0) is 111 Å². The molecule has 5 saturated carbocycles. The van der Waals surface area contributed by atoms with Gasteiger partial charge >= 0.3 is 5.97 Å². The topological polar surface area (TPSA) is 63.2 Å².